The molecule has 0 N–H and O–H groups in total. The van der Waals surface area contributed by atoms with Crippen molar-refractivity contribution in [1.29, 1.82) is 0 Å². The molecule has 1 aromatic carbocycles. The molecule has 4 heteroatoms. The molecule has 1 heterocycles. The number of Topliss-reactive ketones (excluding diaryl/α,β-unsaturated/α-hetero) is 1. The number of hydrogen-bond donors (Lipinski definition) is 0. The van der Waals surface area contributed by atoms with Gasteiger partial charge in [-0.3, -0.25) is 4.79 Å². The van der Waals surface area contributed by atoms with E-state index in [-0.39, 0.29) is 5.78 Å². The molecule has 0 amide bonds. The van der Waals surface area contributed by atoms with E-state index in [2.05, 4.69) is 4.98 Å². The van der Waals surface area contributed by atoms with Gasteiger partial charge in [0.25, 0.3) is 0 Å². The van der Waals surface area contributed by atoms with Crippen LogP contribution in [-0.2, 0) is 6.42 Å². The van der Waals surface area contributed by atoms with Crippen molar-refractivity contribution in [2.24, 2.45) is 0 Å². The van der Waals surface area contributed by atoms with Crippen molar-refractivity contribution in [3.8, 4) is 5.75 Å². The van der Waals surface area contributed by atoms with E-state index < -0.39 is 0 Å². The van der Waals surface area contributed by atoms with Gasteiger partial charge in [-0.05, 0) is 26.0 Å². The lowest BCUT2D eigenvalue weighted by molar-refractivity contribution is 0.0989. The highest BCUT2D eigenvalue weighted by molar-refractivity contribution is 7.09. The highest BCUT2D eigenvalue weighted by Crippen LogP contribution is 2.22. The van der Waals surface area contributed by atoms with E-state index in [1.54, 1.807) is 18.4 Å². The monoisotopic (exact) mass is 261 g/mol. The fourth-order valence-corrected chi connectivity index (χ4v) is 2.40. The number of carbonyl (C=O) groups excluding carboxylic acids is 1. The summed E-state index contributed by atoms with van der Waals surface area (Å²) in [6.07, 6.45) is 0.324. The average Bonchev–Trinajstić information content (AvgIpc) is 2.74. The van der Waals surface area contributed by atoms with Gasteiger partial charge in [0.1, 0.15) is 5.75 Å². The first kappa shape index (κ1) is 12.8. The lowest BCUT2D eigenvalue weighted by Gasteiger charge is -2.07. The zero-order valence-electron chi connectivity index (χ0n) is 10.7. The second kappa shape index (κ2) is 5.31. The average molecular weight is 261 g/mol. The molecule has 0 radical (unpaired) electrons. The van der Waals surface area contributed by atoms with Crippen LogP contribution < -0.4 is 4.74 Å². The van der Waals surface area contributed by atoms with Gasteiger partial charge in [0.2, 0.25) is 0 Å². The summed E-state index contributed by atoms with van der Waals surface area (Å²) in [6.45, 7) is 3.90. The number of ketones is 1. The molecule has 0 fully saturated rings. The van der Waals surface area contributed by atoms with Crippen molar-refractivity contribution in [3.05, 3.63) is 45.4 Å². The van der Waals surface area contributed by atoms with Gasteiger partial charge in [0.15, 0.2) is 5.78 Å². The Morgan fingerprint density at radius 2 is 2.17 bits per heavy atom. The minimum atomic E-state index is 0.0425. The van der Waals surface area contributed by atoms with Crippen LogP contribution in [0.5, 0.6) is 5.75 Å². The molecule has 0 unspecified atom stereocenters. The third-order valence-corrected chi connectivity index (χ3v) is 3.49. The molecule has 0 atom stereocenters. The van der Waals surface area contributed by atoms with Crippen LogP contribution in [0.3, 0.4) is 0 Å². The van der Waals surface area contributed by atoms with Crippen molar-refractivity contribution >= 4 is 17.1 Å². The summed E-state index contributed by atoms with van der Waals surface area (Å²) < 4.78 is 5.23. The summed E-state index contributed by atoms with van der Waals surface area (Å²) in [6, 6.07) is 5.62. The molecule has 2 rings (SSSR count). The molecule has 2 aromatic rings. The predicted molar refractivity (Wildman–Crippen MR) is 72.6 cm³/mol. The van der Waals surface area contributed by atoms with E-state index >= 15 is 0 Å². The summed E-state index contributed by atoms with van der Waals surface area (Å²) in [5.74, 6) is 0.665. The highest BCUT2D eigenvalue weighted by atomic mass is 32.1. The van der Waals surface area contributed by atoms with E-state index in [0.29, 0.717) is 17.7 Å². The van der Waals surface area contributed by atoms with Crippen molar-refractivity contribution < 1.29 is 9.53 Å². The Balaban J connectivity index is 2.25. The minimum Gasteiger partial charge on any atom is -0.496 e. The van der Waals surface area contributed by atoms with E-state index in [1.165, 1.54) is 0 Å². The number of carbonyl (C=O) groups is 1. The summed E-state index contributed by atoms with van der Waals surface area (Å²) in [7, 11) is 1.58. The fraction of sp³-hybridized carbons (Fsp3) is 0.286. The maximum atomic E-state index is 12.2. The Bertz CT molecular complexity index is 575. The zero-order valence-corrected chi connectivity index (χ0v) is 11.5. The summed E-state index contributed by atoms with van der Waals surface area (Å²) in [4.78, 5) is 16.6. The third kappa shape index (κ3) is 2.76. The first-order valence-electron chi connectivity index (χ1n) is 5.69. The maximum Gasteiger partial charge on any atom is 0.172 e. The van der Waals surface area contributed by atoms with Crippen LogP contribution >= 0.6 is 11.3 Å². The molecule has 3 nitrogen and oxygen atoms in total. The summed E-state index contributed by atoms with van der Waals surface area (Å²) >= 11 is 1.56. The number of nitrogens with zero attached hydrogens (tertiary/aromatic N) is 1. The zero-order chi connectivity index (χ0) is 13.1. The van der Waals surface area contributed by atoms with E-state index in [4.69, 9.17) is 4.74 Å². The van der Waals surface area contributed by atoms with Crippen LogP contribution in [0, 0.1) is 13.8 Å². The molecule has 0 saturated heterocycles. The lowest BCUT2D eigenvalue weighted by Crippen LogP contribution is -2.06. The Morgan fingerprint density at radius 1 is 1.39 bits per heavy atom. The molecule has 94 valence electrons. The molecule has 0 bridgehead atoms. The normalized spacial score (nSPS) is 10.4. The number of ether oxygens (including phenoxy) is 1. The number of aryl methyl sites for hydroxylation is 2. The van der Waals surface area contributed by atoms with Gasteiger partial charge < -0.3 is 4.74 Å². The molecule has 18 heavy (non-hydrogen) atoms. The molecular formula is C14H15NO2S. The summed E-state index contributed by atoms with van der Waals surface area (Å²) in [5, 5.41) is 2.91. The van der Waals surface area contributed by atoms with Crippen LogP contribution in [0.2, 0.25) is 0 Å². The molecule has 0 aliphatic rings. The van der Waals surface area contributed by atoms with Crippen molar-refractivity contribution in [1.82, 2.24) is 4.98 Å². The Labute approximate surface area is 110 Å². The van der Waals surface area contributed by atoms with Crippen LogP contribution in [-0.4, -0.2) is 17.9 Å². The molecule has 0 aliphatic carbocycles. The van der Waals surface area contributed by atoms with Gasteiger partial charge in [-0.15, -0.1) is 11.3 Å². The van der Waals surface area contributed by atoms with Gasteiger partial charge in [-0.1, -0.05) is 11.6 Å². The number of rotatable bonds is 4. The first-order valence-corrected chi connectivity index (χ1v) is 6.57. The van der Waals surface area contributed by atoms with Crippen LogP contribution in [0.25, 0.3) is 0 Å². The smallest absolute Gasteiger partial charge is 0.172 e. The van der Waals surface area contributed by atoms with Crippen LogP contribution in [0.4, 0.5) is 0 Å². The number of thiazole rings is 1. The second-order valence-electron chi connectivity index (χ2n) is 4.16. The van der Waals surface area contributed by atoms with Crippen molar-refractivity contribution in [2.75, 3.05) is 7.11 Å². The maximum absolute atomic E-state index is 12.2. The second-order valence-corrected chi connectivity index (χ2v) is 5.22. The van der Waals surface area contributed by atoms with Gasteiger partial charge in [0, 0.05) is 5.38 Å². The largest absolute Gasteiger partial charge is 0.496 e. The van der Waals surface area contributed by atoms with Crippen LogP contribution in [0.15, 0.2) is 23.6 Å². The number of methoxy groups -OCH3 is 1. The van der Waals surface area contributed by atoms with E-state index in [0.717, 1.165) is 16.3 Å². The Kier molecular flexibility index (Phi) is 3.77. The van der Waals surface area contributed by atoms with E-state index in [1.807, 2.05) is 37.4 Å². The van der Waals surface area contributed by atoms with Gasteiger partial charge in [-0.25, -0.2) is 4.98 Å². The number of hydrogen-bond acceptors (Lipinski definition) is 4. The first-order chi connectivity index (χ1) is 8.60. The third-order valence-electron chi connectivity index (χ3n) is 2.66. The molecular weight excluding hydrogens is 246 g/mol. The highest BCUT2D eigenvalue weighted by Gasteiger charge is 2.14. The van der Waals surface area contributed by atoms with Gasteiger partial charge >= 0.3 is 0 Å². The SMILES string of the molecule is COc1ccc(C)cc1C(=O)Cc1csc(C)n1. The molecule has 1 aromatic heterocycles. The quantitative estimate of drug-likeness (QED) is 0.793. The Morgan fingerprint density at radius 3 is 2.78 bits per heavy atom. The molecule has 0 saturated carbocycles. The minimum absolute atomic E-state index is 0.0425. The van der Waals surface area contributed by atoms with Crippen molar-refractivity contribution in [3.63, 3.8) is 0 Å². The predicted octanol–water partition coefficient (Wildman–Crippen LogP) is 3.19. The standard InChI is InChI=1S/C14H15NO2S/c1-9-4-5-14(17-3)12(6-9)13(16)7-11-8-18-10(2)15-11/h4-6,8H,7H2,1-3H3. The van der Waals surface area contributed by atoms with Gasteiger partial charge in [0.05, 0.1) is 29.8 Å². The molecule has 0 spiro atoms. The number of benzene rings is 1. The Hall–Kier alpha value is -1.68. The van der Waals surface area contributed by atoms with E-state index in [9.17, 15) is 4.79 Å². The lowest BCUT2D eigenvalue weighted by atomic mass is 10.0. The van der Waals surface area contributed by atoms with Crippen molar-refractivity contribution in [2.45, 2.75) is 20.3 Å². The number of aromatic nitrogens is 1. The topological polar surface area (TPSA) is 39.2 Å². The van der Waals surface area contributed by atoms with Crippen LogP contribution in [0.1, 0.15) is 26.6 Å². The summed E-state index contributed by atoms with van der Waals surface area (Å²) in [5.41, 5.74) is 2.50. The molecule has 0 aliphatic heterocycles. The van der Waals surface area contributed by atoms with Gasteiger partial charge in [-0.2, -0.15) is 0 Å². The fourth-order valence-electron chi connectivity index (χ4n) is 1.79.